The van der Waals surface area contributed by atoms with Gasteiger partial charge in [-0.15, -0.1) is 0 Å². The van der Waals surface area contributed by atoms with Gasteiger partial charge in [-0.25, -0.2) is 13.9 Å². The van der Waals surface area contributed by atoms with E-state index in [9.17, 15) is 9.59 Å². The van der Waals surface area contributed by atoms with Crippen molar-refractivity contribution in [2.24, 2.45) is 4.99 Å². The van der Waals surface area contributed by atoms with Crippen LogP contribution in [0.15, 0.2) is 11.2 Å². The number of aliphatic imine (C=N–C) groups is 1. The number of amides is 3. The molecule has 3 heterocycles. The summed E-state index contributed by atoms with van der Waals surface area (Å²) in [6.45, 7) is 7.80. The molecule has 0 aromatic carbocycles. The van der Waals surface area contributed by atoms with Crippen molar-refractivity contribution in [1.29, 1.82) is 0 Å². The fourth-order valence-electron chi connectivity index (χ4n) is 4.11. The molecule has 0 spiro atoms. The largest absolute Gasteiger partial charge is 0.401 e. The standard InChI is InChI=1S/C21H34N5O2/c1-5-7-9-11-13-24-16(3)15-26-17-18(22-20(24)26)23(4)21(28)25(19(17)27)14-12-10-8-6-2/h15,17H,5-14H2,1-4H3/q+1. The Bertz CT molecular complexity index is 767. The second kappa shape index (κ2) is 8.88. The molecule has 0 aliphatic carbocycles. The third-order valence-electron chi connectivity index (χ3n) is 5.79. The van der Waals surface area contributed by atoms with Gasteiger partial charge < -0.3 is 0 Å². The Morgan fingerprint density at radius 2 is 1.64 bits per heavy atom. The van der Waals surface area contributed by atoms with Crippen molar-refractivity contribution in [2.45, 2.75) is 84.7 Å². The molecule has 0 saturated carbocycles. The van der Waals surface area contributed by atoms with E-state index in [1.165, 1.54) is 24.2 Å². The van der Waals surface area contributed by atoms with E-state index in [0.717, 1.165) is 50.3 Å². The smallest absolute Gasteiger partial charge is 0.270 e. The predicted octanol–water partition coefficient (Wildman–Crippen LogP) is 3.72. The van der Waals surface area contributed by atoms with Crippen LogP contribution in [-0.2, 0) is 11.3 Å². The van der Waals surface area contributed by atoms with E-state index >= 15 is 0 Å². The van der Waals surface area contributed by atoms with Crippen molar-refractivity contribution in [3.8, 4) is 0 Å². The second-order valence-electron chi connectivity index (χ2n) is 7.95. The number of rotatable bonds is 10. The second-order valence-corrected chi connectivity index (χ2v) is 7.95. The Balaban J connectivity index is 1.80. The molecular formula is C21H34N5O2+. The number of carbonyl (C=O) groups excluding carboxylic acids is 2. The highest BCUT2D eigenvalue weighted by Gasteiger charge is 2.52. The first-order chi connectivity index (χ1) is 13.5. The third-order valence-corrected chi connectivity index (χ3v) is 5.79. The quantitative estimate of drug-likeness (QED) is 0.453. The lowest BCUT2D eigenvalue weighted by molar-refractivity contribution is -0.677. The van der Waals surface area contributed by atoms with Crippen LogP contribution in [0.25, 0.3) is 0 Å². The van der Waals surface area contributed by atoms with Crippen LogP contribution < -0.4 is 4.57 Å². The molecule has 1 fully saturated rings. The monoisotopic (exact) mass is 388 g/mol. The highest BCUT2D eigenvalue weighted by molar-refractivity contribution is 6.19. The van der Waals surface area contributed by atoms with Gasteiger partial charge in [0.1, 0.15) is 11.9 Å². The maximum Gasteiger partial charge on any atom is 0.401 e. The summed E-state index contributed by atoms with van der Waals surface area (Å²) in [7, 11) is 1.73. The zero-order chi connectivity index (χ0) is 20.3. The molecule has 7 heteroatoms. The van der Waals surface area contributed by atoms with E-state index in [0.29, 0.717) is 12.4 Å². The molecule has 28 heavy (non-hydrogen) atoms. The number of aromatic nitrogens is 2. The molecule has 3 rings (SSSR count). The number of fused-ring (bicyclic) bond motifs is 3. The molecule has 3 amide bonds. The van der Waals surface area contributed by atoms with E-state index in [-0.39, 0.29) is 11.9 Å². The van der Waals surface area contributed by atoms with E-state index in [2.05, 4.69) is 25.3 Å². The molecule has 1 aromatic rings. The topological polar surface area (TPSA) is 61.8 Å². The van der Waals surface area contributed by atoms with Gasteiger partial charge in [0.15, 0.2) is 0 Å². The van der Waals surface area contributed by atoms with Crippen LogP contribution in [0.4, 0.5) is 10.7 Å². The molecule has 1 saturated heterocycles. The predicted molar refractivity (Wildman–Crippen MR) is 109 cm³/mol. The van der Waals surface area contributed by atoms with Crippen molar-refractivity contribution < 1.29 is 14.2 Å². The van der Waals surface area contributed by atoms with Crippen molar-refractivity contribution in [2.75, 3.05) is 13.6 Å². The first-order valence-corrected chi connectivity index (χ1v) is 10.8. The highest BCUT2D eigenvalue weighted by atomic mass is 16.2. The first kappa shape index (κ1) is 20.6. The van der Waals surface area contributed by atoms with E-state index in [1.54, 1.807) is 11.9 Å². The summed E-state index contributed by atoms with van der Waals surface area (Å²) in [6.07, 6.45) is 10.9. The SMILES string of the molecule is CCCCCCN1C(=O)C2C(=Nc3n(CCCCCC)c(C)c[n+]32)N(C)C1=O. The average molecular weight is 389 g/mol. The highest BCUT2D eigenvalue weighted by Crippen LogP contribution is 2.29. The summed E-state index contributed by atoms with van der Waals surface area (Å²) < 4.78 is 4.13. The number of imide groups is 1. The number of nitrogens with zero attached hydrogens (tertiary/aromatic N) is 5. The molecule has 0 bridgehead atoms. The zero-order valence-corrected chi connectivity index (χ0v) is 17.8. The van der Waals surface area contributed by atoms with Crippen LogP contribution in [0.5, 0.6) is 0 Å². The molecule has 1 atom stereocenters. The molecule has 0 radical (unpaired) electrons. The minimum atomic E-state index is -0.514. The molecular weight excluding hydrogens is 354 g/mol. The first-order valence-electron chi connectivity index (χ1n) is 10.8. The van der Waals surface area contributed by atoms with Crippen LogP contribution in [0.3, 0.4) is 0 Å². The number of hydrogen-bond donors (Lipinski definition) is 0. The van der Waals surface area contributed by atoms with Gasteiger partial charge in [-0.1, -0.05) is 57.4 Å². The van der Waals surface area contributed by atoms with Crippen LogP contribution in [0, 0.1) is 6.92 Å². The Morgan fingerprint density at radius 1 is 1.00 bits per heavy atom. The summed E-state index contributed by atoms with van der Waals surface area (Å²) in [5, 5.41) is 0. The maximum atomic E-state index is 13.2. The van der Waals surface area contributed by atoms with Gasteiger partial charge in [-0.3, -0.25) is 14.6 Å². The van der Waals surface area contributed by atoms with Crippen LogP contribution in [-0.4, -0.2) is 45.7 Å². The molecule has 2 aliphatic rings. The van der Waals surface area contributed by atoms with Crippen molar-refractivity contribution >= 4 is 23.7 Å². The summed E-state index contributed by atoms with van der Waals surface area (Å²) in [6, 6.07) is -0.770. The summed E-state index contributed by atoms with van der Waals surface area (Å²) in [5.74, 6) is 1.19. The molecule has 7 nitrogen and oxygen atoms in total. The van der Waals surface area contributed by atoms with Crippen LogP contribution in [0.1, 0.15) is 76.9 Å². The van der Waals surface area contributed by atoms with Gasteiger partial charge in [0.05, 0.1) is 6.54 Å². The number of unbranched alkanes of at least 4 members (excludes halogenated alkanes) is 6. The number of likely N-dealkylation sites (N-methyl/N-ethyl adjacent to an activating group) is 1. The minimum Gasteiger partial charge on any atom is -0.270 e. The number of urea groups is 1. The van der Waals surface area contributed by atoms with E-state index in [1.807, 2.05) is 10.8 Å². The van der Waals surface area contributed by atoms with Crippen molar-refractivity contribution in [3.05, 3.63) is 11.9 Å². The van der Waals surface area contributed by atoms with E-state index in [4.69, 9.17) is 4.99 Å². The molecule has 154 valence electrons. The fourth-order valence-corrected chi connectivity index (χ4v) is 4.11. The Kier molecular flexibility index (Phi) is 6.52. The average Bonchev–Trinajstić information content (AvgIpc) is 3.18. The van der Waals surface area contributed by atoms with Crippen LogP contribution in [0.2, 0.25) is 0 Å². The Hall–Kier alpha value is -2.18. The van der Waals surface area contributed by atoms with Gasteiger partial charge in [-0.2, -0.15) is 0 Å². The third kappa shape index (κ3) is 3.71. The number of aryl methyl sites for hydroxylation is 1. The van der Waals surface area contributed by atoms with Gasteiger partial charge >= 0.3 is 12.0 Å². The number of hydrogen-bond acceptors (Lipinski definition) is 3. The summed E-state index contributed by atoms with van der Waals surface area (Å²) in [4.78, 5) is 33.6. The normalized spacial score (nSPS) is 18.6. The lowest BCUT2D eigenvalue weighted by atomic mass is 10.1. The molecule has 1 unspecified atom stereocenters. The van der Waals surface area contributed by atoms with Gasteiger partial charge in [0.2, 0.25) is 11.9 Å². The van der Waals surface area contributed by atoms with Gasteiger partial charge in [0, 0.05) is 13.6 Å². The van der Waals surface area contributed by atoms with Crippen LogP contribution >= 0.6 is 0 Å². The summed E-state index contributed by atoms with van der Waals surface area (Å²) >= 11 is 0. The van der Waals surface area contributed by atoms with Crippen molar-refractivity contribution in [1.82, 2.24) is 14.4 Å². The lowest BCUT2D eigenvalue weighted by Gasteiger charge is -2.33. The number of imidazole rings is 1. The molecule has 1 aromatic heterocycles. The number of amidine groups is 1. The molecule has 2 aliphatic heterocycles. The number of carbonyl (C=O) groups is 2. The maximum absolute atomic E-state index is 13.2. The van der Waals surface area contributed by atoms with Gasteiger partial charge in [0.25, 0.3) is 5.91 Å². The Labute approximate surface area is 168 Å². The van der Waals surface area contributed by atoms with Gasteiger partial charge in [-0.05, 0) is 19.8 Å². The fraction of sp³-hybridized carbons (Fsp3) is 0.714. The summed E-state index contributed by atoms with van der Waals surface area (Å²) in [5.41, 5.74) is 1.11. The molecule has 0 N–H and O–H groups in total. The van der Waals surface area contributed by atoms with E-state index < -0.39 is 6.04 Å². The lowest BCUT2D eigenvalue weighted by Crippen LogP contribution is -2.62. The van der Waals surface area contributed by atoms with Crippen molar-refractivity contribution in [3.63, 3.8) is 0 Å². The Morgan fingerprint density at radius 3 is 2.29 bits per heavy atom. The minimum absolute atomic E-state index is 0.148. The zero-order valence-electron chi connectivity index (χ0n) is 17.8.